The summed E-state index contributed by atoms with van der Waals surface area (Å²) in [5, 5.41) is 0. The number of benzene rings is 4. The highest BCUT2D eigenvalue weighted by atomic mass is 16.5. The molecule has 4 aromatic rings. The maximum atomic E-state index is 10.9. The molecule has 0 atom stereocenters. The lowest BCUT2D eigenvalue weighted by molar-refractivity contribution is -0.107. The van der Waals surface area contributed by atoms with Gasteiger partial charge in [0.1, 0.15) is 6.29 Å². The number of carbonyl (C=O) groups is 1. The Balaban J connectivity index is 0.00000216. The lowest BCUT2D eigenvalue weighted by Crippen LogP contribution is -2.30. The Morgan fingerprint density at radius 1 is 0.800 bits per heavy atom. The molecule has 0 spiro atoms. The van der Waals surface area contributed by atoms with Crippen LogP contribution in [0, 0.1) is 0 Å². The average Bonchev–Trinajstić information content (AvgIpc) is 3.01. The van der Waals surface area contributed by atoms with Gasteiger partial charge >= 0.3 is 0 Å². The first-order valence-corrected chi connectivity index (χ1v) is 13.6. The SMILES string of the molecule is CN.COc1cc(CC=O)ccc1OCCCN(Cc1ccc(N)cc1)CC(c1ccccc1)c1ccccc1. The number of hydrogen-bond donors (Lipinski definition) is 2. The van der Waals surface area contributed by atoms with Crippen LogP contribution in [0.1, 0.15) is 34.6 Å². The Morgan fingerprint density at radius 2 is 1.40 bits per heavy atom. The van der Waals surface area contributed by atoms with Crippen molar-refractivity contribution in [2.75, 3.05) is 39.6 Å². The van der Waals surface area contributed by atoms with Crippen molar-refractivity contribution < 1.29 is 14.3 Å². The lowest BCUT2D eigenvalue weighted by Gasteiger charge is -2.28. The van der Waals surface area contributed by atoms with E-state index >= 15 is 0 Å². The summed E-state index contributed by atoms with van der Waals surface area (Å²) >= 11 is 0. The Hall–Kier alpha value is -4.13. The summed E-state index contributed by atoms with van der Waals surface area (Å²) in [6.07, 6.45) is 2.11. The van der Waals surface area contributed by atoms with Crippen LogP contribution in [-0.2, 0) is 17.8 Å². The third-order valence-electron chi connectivity index (χ3n) is 6.65. The minimum absolute atomic E-state index is 0.248. The van der Waals surface area contributed by atoms with E-state index in [1.54, 1.807) is 7.11 Å². The number of rotatable bonds is 14. The molecule has 0 fully saturated rings. The Labute approximate surface area is 238 Å². The molecular formula is C34H41N3O3. The van der Waals surface area contributed by atoms with Crippen molar-refractivity contribution in [2.24, 2.45) is 5.73 Å². The Bertz CT molecular complexity index is 1230. The van der Waals surface area contributed by atoms with Crippen LogP contribution in [0.2, 0.25) is 0 Å². The summed E-state index contributed by atoms with van der Waals surface area (Å²) in [6.45, 7) is 3.12. The molecule has 210 valence electrons. The van der Waals surface area contributed by atoms with E-state index in [9.17, 15) is 4.79 Å². The van der Waals surface area contributed by atoms with Crippen LogP contribution in [0.3, 0.4) is 0 Å². The fourth-order valence-electron chi connectivity index (χ4n) is 4.67. The highest BCUT2D eigenvalue weighted by Crippen LogP contribution is 2.29. The largest absolute Gasteiger partial charge is 0.493 e. The van der Waals surface area contributed by atoms with E-state index in [1.165, 1.54) is 23.7 Å². The molecule has 6 heteroatoms. The van der Waals surface area contributed by atoms with Crippen LogP contribution in [0.5, 0.6) is 11.5 Å². The minimum Gasteiger partial charge on any atom is -0.493 e. The van der Waals surface area contributed by atoms with E-state index in [-0.39, 0.29) is 5.92 Å². The van der Waals surface area contributed by atoms with Crippen LogP contribution in [0.25, 0.3) is 0 Å². The molecule has 0 aromatic heterocycles. The number of nitrogens with zero attached hydrogens (tertiary/aromatic N) is 1. The van der Waals surface area contributed by atoms with Gasteiger partial charge in [-0.3, -0.25) is 4.90 Å². The summed E-state index contributed by atoms with van der Waals surface area (Å²) < 4.78 is 11.6. The van der Waals surface area contributed by atoms with Gasteiger partial charge in [-0.25, -0.2) is 0 Å². The van der Waals surface area contributed by atoms with Crippen LogP contribution in [-0.4, -0.2) is 45.0 Å². The molecule has 0 aliphatic carbocycles. The van der Waals surface area contributed by atoms with Crippen molar-refractivity contribution in [3.05, 3.63) is 125 Å². The summed E-state index contributed by atoms with van der Waals surface area (Å²) in [5.41, 5.74) is 16.0. The minimum atomic E-state index is 0.248. The molecule has 0 unspecified atom stereocenters. The Kier molecular flexibility index (Phi) is 12.7. The summed E-state index contributed by atoms with van der Waals surface area (Å²) in [5.74, 6) is 1.59. The molecule has 0 radical (unpaired) electrons. The van der Waals surface area contributed by atoms with Crippen molar-refractivity contribution in [3.8, 4) is 11.5 Å². The first kappa shape index (κ1) is 30.4. The number of methoxy groups -OCH3 is 1. The number of nitrogen functional groups attached to an aromatic ring is 1. The topological polar surface area (TPSA) is 90.8 Å². The molecule has 0 saturated carbocycles. The highest BCUT2D eigenvalue weighted by molar-refractivity contribution is 5.56. The fourth-order valence-corrected chi connectivity index (χ4v) is 4.67. The maximum Gasteiger partial charge on any atom is 0.161 e. The molecule has 0 aliphatic rings. The second-order valence-corrected chi connectivity index (χ2v) is 9.41. The smallest absolute Gasteiger partial charge is 0.161 e. The Morgan fingerprint density at radius 3 is 1.98 bits per heavy atom. The van der Waals surface area contributed by atoms with Gasteiger partial charge in [0, 0.05) is 37.7 Å². The monoisotopic (exact) mass is 539 g/mol. The first-order valence-electron chi connectivity index (χ1n) is 13.6. The predicted molar refractivity (Wildman–Crippen MR) is 164 cm³/mol. The molecule has 0 amide bonds. The van der Waals surface area contributed by atoms with Gasteiger partial charge < -0.3 is 25.7 Å². The average molecular weight is 540 g/mol. The van der Waals surface area contributed by atoms with Crippen LogP contribution < -0.4 is 20.9 Å². The van der Waals surface area contributed by atoms with Crippen molar-refractivity contribution in [3.63, 3.8) is 0 Å². The van der Waals surface area contributed by atoms with Gasteiger partial charge in [-0.05, 0) is 60.0 Å². The summed E-state index contributed by atoms with van der Waals surface area (Å²) in [4.78, 5) is 13.3. The van der Waals surface area contributed by atoms with Crippen molar-refractivity contribution in [2.45, 2.75) is 25.3 Å². The molecular weight excluding hydrogens is 498 g/mol. The number of carbonyl (C=O) groups excluding carboxylic acids is 1. The molecule has 40 heavy (non-hydrogen) atoms. The molecule has 4 rings (SSSR count). The molecule has 0 saturated heterocycles. The zero-order valence-electron chi connectivity index (χ0n) is 23.5. The number of ether oxygens (including phenoxy) is 2. The molecule has 4 aromatic carbocycles. The van der Waals surface area contributed by atoms with Gasteiger partial charge in [-0.1, -0.05) is 78.9 Å². The second-order valence-electron chi connectivity index (χ2n) is 9.41. The molecule has 0 bridgehead atoms. The van der Waals surface area contributed by atoms with Gasteiger partial charge in [-0.15, -0.1) is 0 Å². The molecule has 0 aliphatic heterocycles. The fraction of sp³-hybridized carbons (Fsp3) is 0.265. The van der Waals surface area contributed by atoms with Crippen molar-refractivity contribution in [1.82, 2.24) is 4.90 Å². The first-order chi connectivity index (χ1) is 19.7. The molecule has 4 N–H and O–H groups in total. The lowest BCUT2D eigenvalue weighted by atomic mass is 9.90. The number of anilines is 1. The standard InChI is InChI=1S/C33H36N2O3.CH5N/c1-37-33-23-26(19-21-36)15-18-32(33)38-22-8-20-35(24-27-13-16-30(34)17-14-27)25-31(28-9-4-2-5-10-28)29-11-6-3-7-12-29;1-2/h2-7,9-18,21,23,31H,8,19-20,22,24-25,34H2,1H3;2H2,1H3. The normalized spacial score (nSPS) is 10.6. The van der Waals surface area contributed by atoms with E-state index in [4.69, 9.17) is 15.2 Å². The third kappa shape index (κ3) is 9.26. The van der Waals surface area contributed by atoms with E-state index in [0.717, 1.165) is 43.6 Å². The van der Waals surface area contributed by atoms with E-state index in [1.807, 2.05) is 30.3 Å². The number of aldehydes is 1. The van der Waals surface area contributed by atoms with Gasteiger partial charge in [-0.2, -0.15) is 0 Å². The second kappa shape index (κ2) is 16.7. The maximum absolute atomic E-state index is 10.9. The van der Waals surface area contributed by atoms with Gasteiger partial charge in [0.25, 0.3) is 0 Å². The van der Waals surface area contributed by atoms with E-state index < -0.39 is 0 Å². The van der Waals surface area contributed by atoms with Crippen LogP contribution >= 0.6 is 0 Å². The van der Waals surface area contributed by atoms with Crippen molar-refractivity contribution >= 4 is 12.0 Å². The van der Waals surface area contributed by atoms with Crippen LogP contribution in [0.15, 0.2) is 103 Å². The number of nitrogens with two attached hydrogens (primary N) is 2. The van der Waals surface area contributed by atoms with E-state index in [2.05, 4.69) is 83.4 Å². The number of hydrogen-bond acceptors (Lipinski definition) is 6. The van der Waals surface area contributed by atoms with E-state index in [0.29, 0.717) is 24.5 Å². The van der Waals surface area contributed by atoms with Gasteiger partial charge in [0.05, 0.1) is 13.7 Å². The molecule has 6 nitrogen and oxygen atoms in total. The predicted octanol–water partition coefficient (Wildman–Crippen LogP) is 5.70. The summed E-state index contributed by atoms with van der Waals surface area (Å²) in [7, 11) is 3.12. The zero-order valence-corrected chi connectivity index (χ0v) is 23.5. The zero-order chi connectivity index (χ0) is 28.6. The van der Waals surface area contributed by atoms with Crippen molar-refractivity contribution in [1.29, 1.82) is 0 Å². The van der Waals surface area contributed by atoms with Gasteiger partial charge in [0.15, 0.2) is 11.5 Å². The van der Waals surface area contributed by atoms with Gasteiger partial charge in [0.2, 0.25) is 0 Å². The summed E-state index contributed by atoms with van der Waals surface area (Å²) in [6, 6.07) is 35.2. The van der Waals surface area contributed by atoms with Crippen LogP contribution in [0.4, 0.5) is 5.69 Å². The quantitative estimate of drug-likeness (QED) is 0.121. The highest BCUT2D eigenvalue weighted by Gasteiger charge is 2.19. The third-order valence-corrected chi connectivity index (χ3v) is 6.65. The molecule has 0 heterocycles.